The van der Waals surface area contributed by atoms with Crippen LogP contribution < -0.4 is 0 Å². The first-order valence-electron chi connectivity index (χ1n) is 5.29. The number of carboxylic acids is 1. The van der Waals surface area contributed by atoms with Crippen LogP contribution in [0.5, 0.6) is 0 Å². The Morgan fingerprint density at radius 2 is 1.83 bits per heavy atom. The number of benzene rings is 2. The standard InChI is InChI=1S/C14H11FO2S/c1-18-11-5-2-9(3-6-11)13-8-10(15)4-7-12(13)14(16)17/h2-8H,1H3,(H,16,17). The highest BCUT2D eigenvalue weighted by atomic mass is 32.2. The second kappa shape index (κ2) is 5.23. The minimum Gasteiger partial charge on any atom is -0.478 e. The van der Waals surface area contributed by atoms with Gasteiger partial charge in [-0.3, -0.25) is 0 Å². The Morgan fingerprint density at radius 3 is 2.39 bits per heavy atom. The predicted octanol–water partition coefficient (Wildman–Crippen LogP) is 3.91. The molecule has 1 N–H and O–H groups in total. The summed E-state index contributed by atoms with van der Waals surface area (Å²) >= 11 is 1.60. The molecule has 0 unspecified atom stereocenters. The van der Waals surface area contributed by atoms with E-state index < -0.39 is 11.8 Å². The Hall–Kier alpha value is -1.81. The Labute approximate surface area is 108 Å². The Bertz CT molecular complexity index is 579. The summed E-state index contributed by atoms with van der Waals surface area (Å²) < 4.78 is 13.2. The molecule has 0 spiro atoms. The summed E-state index contributed by atoms with van der Waals surface area (Å²) in [4.78, 5) is 12.2. The monoisotopic (exact) mass is 262 g/mol. The molecule has 2 nitrogen and oxygen atoms in total. The molecule has 4 heteroatoms. The number of halogens is 1. The van der Waals surface area contributed by atoms with Crippen molar-refractivity contribution in [2.45, 2.75) is 4.90 Å². The molecule has 0 radical (unpaired) electrons. The van der Waals surface area contributed by atoms with Crippen LogP contribution in [0.2, 0.25) is 0 Å². The molecular formula is C14H11FO2S. The maximum absolute atomic E-state index is 13.2. The van der Waals surface area contributed by atoms with Crippen molar-refractivity contribution in [3.63, 3.8) is 0 Å². The van der Waals surface area contributed by atoms with Crippen LogP contribution >= 0.6 is 11.8 Å². The number of thioether (sulfide) groups is 1. The lowest BCUT2D eigenvalue weighted by atomic mass is 10.00. The van der Waals surface area contributed by atoms with Crippen molar-refractivity contribution in [2.24, 2.45) is 0 Å². The predicted molar refractivity (Wildman–Crippen MR) is 70.6 cm³/mol. The summed E-state index contributed by atoms with van der Waals surface area (Å²) in [7, 11) is 0. The molecule has 0 aliphatic heterocycles. The summed E-state index contributed by atoms with van der Waals surface area (Å²) in [6.45, 7) is 0. The van der Waals surface area contributed by atoms with Crippen molar-refractivity contribution in [1.82, 2.24) is 0 Å². The first kappa shape index (κ1) is 12.6. The maximum atomic E-state index is 13.2. The second-order valence-electron chi connectivity index (χ2n) is 3.72. The van der Waals surface area contributed by atoms with Crippen molar-refractivity contribution in [3.05, 3.63) is 53.8 Å². The number of carbonyl (C=O) groups is 1. The SMILES string of the molecule is CSc1ccc(-c2cc(F)ccc2C(=O)O)cc1. The van der Waals surface area contributed by atoms with Gasteiger partial charge in [0.1, 0.15) is 5.82 Å². The average Bonchev–Trinajstić information content (AvgIpc) is 2.38. The van der Waals surface area contributed by atoms with Gasteiger partial charge in [0.25, 0.3) is 0 Å². The van der Waals surface area contributed by atoms with Crippen LogP contribution in [0.15, 0.2) is 47.4 Å². The summed E-state index contributed by atoms with van der Waals surface area (Å²) in [6.07, 6.45) is 1.96. The molecule has 92 valence electrons. The van der Waals surface area contributed by atoms with Crippen LogP contribution in [0.4, 0.5) is 4.39 Å². The molecule has 0 aliphatic carbocycles. The number of aromatic carboxylic acids is 1. The Morgan fingerprint density at radius 1 is 1.17 bits per heavy atom. The summed E-state index contributed by atoms with van der Waals surface area (Å²) in [5.74, 6) is -1.50. The van der Waals surface area contributed by atoms with Gasteiger partial charge in [-0.1, -0.05) is 12.1 Å². The van der Waals surface area contributed by atoms with Crippen LogP contribution in [-0.2, 0) is 0 Å². The zero-order chi connectivity index (χ0) is 13.1. The third-order valence-corrected chi connectivity index (χ3v) is 3.36. The largest absolute Gasteiger partial charge is 0.478 e. The van der Waals surface area contributed by atoms with Gasteiger partial charge in [0.05, 0.1) is 5.56 Å². The van der Waals surface area contributed by atoms with E-state index in [0.29, 0.717) is 11.1 Å². The van der Waals surface area contributed by atoms with E-state index in [0.717, 1.165) is 11.0 Å². The van der Waals surface area contributed by atoms with E-state index in [9.17, 15) is 9.18 Å². The molecule has 2 aromatic rings. The zero-order valence-electron chi connectivity index (χ0n) is 9.68. The number of rotatable bonds is 3. The number of hydrogen-bond donors (Lipinski definition) is 1. The zero-order valence-corrected chi connectivity index (χ0v) is 10.5. The number of hydrogen-bond acceptors (Lipinski definition) is 2. The maximum Gasteiger partial charge on any atom is 0.336 e. The van der Waals surface area contributed by atoms with Gasteiger partial charge in [0, 0.05) is 4.90 Å². The molecule has 0 amide bonds. The van der Waals surface area contributed by atoms with Gasteiger partial charge in [-0.25, -0.2) is 9.18 Å². The molecule has 2 rings (SSSR count). The van der Waals surface area contributed by atoms with Crippen LogP contribution in [0.25, 0.3) is 11.1 Å². The minimum absolute atomic E-state index is 0.105. The normalized spacial score (nSPS) is 10.3. The highest BCUT2D eigenvalue weighted by Gasteiger charge is 2.12. The van der Waals surface area contributed by atoms with Gasteiger partial charge in [0.2, 0.25) is 0 Å². The lowest BCUT2D eigenvalue weighted by Gasteiger charge is -2.07. The van der Waals surface area contributed by atoms with E-state index in [4.69, 9.17) is 5.11 Å². The molecule has 18 heavy (non-hydrogen) atoms. The van der Waals surface area contributed by atoms with E-state index in [1.165, 1.54) is 12.1 Å². The van der Waals surface area contributed by atoms with Crippen LogP contribution in [0.3, 0.4) is 0 Å². The lowest BCUT2D eigenvalue weighted by Crippen LogP contribution is -2.00. The van der Waals surface area contributed by atoms with Gasteiger partial charge in [-0.15, -0.1) is 11.8 Å². The van der Waals surface area contributed by atoms with Crippen LogP contribution in [0, 0.1) is 5.82 Å². The molecule has 0 saturated heterocycles. The van der Waals surface area contributed by atoms with Gasteiger partial charge in [-0.05, 0) is 47.7 Å². The molecule has 0 bridgehead atoms. The molecule has 0 fully saturated rings. The molecule has 0 saturated carbocycles. The topological polar surface area (TPSA) is 37.3 Å². The Kier molecular flexibility index (Phi) is 3.67. The second-order valence-corrected chi connectivity index (χ2v) is 4.60. The molecule has 2 aromatic carbocycles. The fourth-order valence-electron chi connectivity index (χ4n) is 1.71. The van der Waals surface area contributed by atoms with Crippen molar-refractivity contribution >= 4 is 17.7 Å². The quantitative estimate of drug-likeness (QED) is 0.852. The van der Waals surface area contributed by atoms with Crippen molar-refractivity contribution in [3.8, 4) is 11.1 Å². The summed E-state index contributed by atoms with van der Waals surface area (Å²) in [5.41, 5.74) is 1.20. The lowest BCUT2D eigenvalue weighted by molar-refractivity contribution is 0.0697. The average molecular weight is 262 g/mol. The molecule has 0 aliphatic rings. The highest BCUT2D eigenvalue weighted by Crippen LogP contribution is 2.27. The first-order valence-corrected chi connectivity index (χ1v) is 6.51. The first-order chi connectivity index (χ1) is 8.61. The summed E-state index contributed by atoms with van der Waals surface area (Å²) in [5, 5.41) is 9.09. The van der Waals surface area contributed by atoms with E-state index in [-0.39, 0.29) is 5.56 Å². The minimum atomic E-state index is -1.06. The smallest absolute Gasteiger partial charge is 0.336 e. The molecule has 0 atom stereocenters. The van der Waals surface area contributed by atoms with Gasteiger partial charge >= 0.3 is 5.97 Å². The van der Waals surface area contributed by atoms with Crippen molar-refractivity contribution in [1.29, 1.82) is 0 Å². The van der Waals surface area contributed by atoms with E-state index >= 15 is 0 Å². The van der Waals surface area contributed by atoms with E-state index in [1.54, 1.807) is 23.9 Å². The fraction of sp³-hybridized carbons (Fsp3) is 0.0714. The van der Waals surface area contributed by atoms with E-state index in [2.05, 4.69) is 0 Å². The van der Waals surface area contributed by atoms with Crippen LogP contribution in [-0.4, -0.2) is 17.3 Å². The fourth-order valence-corrected chi connectivity index (χ4v) is 2.12. The third kappa shape index (κ3) is 2.54. The van der Waals surface area contributed by atoms with Crippen molar-refractivity contribution in [2.75, 3.05) is 6.26 Å². The molecular weight excluding hydrogens is 251 g/mol. The van der Waals surface area contributed by atoms with Crippen LogP contribution in [0.1, 0.15) is 10.4 Å². The van der Waals surface area contributed by atoms with Gasteiger partial charge in [-0.2, -0.15) is 0 Å². The molecule has 0 aromatic heterocycles. The van der Waals surface area contributed by atoms with Gasteiger partial charge in [0.15, 0.2) is 0 Å². The third-order valence-electron chi connectivity index (χ3n) is 2.61. The van der Waals surface area contributed by atoms with Gasteiger partial charge < -0.3 is 5.11 Å². The molecule has 0 heterocycles. The van der Waals surface area contributed by atoms with E-state index in [1.807, 2.05) is 18.4 Å². The Balaban J connectivity index is 2.54. The highest BCUT2D eigenvalue weighted by molar-refractivity contribution is 7.98. The number of carboxylic acid groups (broad SMARTS) is 1. The van der Waals surface area contributed by atoms with Crippen molar-refractivity contribution < 1.29 is 14.3 Å². The summed E-state index contributed by atoms with van der Waals surface area (Å²) in [6, 6.07) is 11.1.